The normalized spacial score (nSPS) is 16.9. The van der Waals surface area contributed by atoms with Gasteiger partial charge in [0.25, 0.3) is 5.89 Å². The SMILES string of the molecule is Oc1ccc(/C=C/c2nc(C3CCCCCC3)no2)cc1O. The molecule has 0 saturated heterocycles. The van der Waals surface area contributed by atoms with Gasteiger partial charge >= 0.3 is 0 Å². The van der Waals surface area contributed by atoms with Crippen LogP contribution in [0, 0.1) is 0 Å². The van der Waals surface area contributed by atoms with E-state index in [1.54, 1.807) is 18.2 Å². The summed E-state index contributed by atoms with van der Waals surface area (Å²) in [6, 6.07) is 4.63. The fourth-order valence-electron chi connectivity index (χ4n) is 2.83. The van der Waals surface area contributed by atoms with Gasteiger partial charge in [0, 0.05) is 12.0 Å². The monoisotopic (exact) mass is 300 g/mol. The van der Waals surface area contributed by atoms with Gasteiger partial charge in [0.2, 0.25) is 0 Å². The molecule has 0 spiro atoms. The Morgan fingerprint density at radius 2 is 1.77 bits per heavy atom. The molecule has 1 fully saturated rings. The Labute approximate surface area is 129 Å². The van der Waals surface area contributed by atoms with Crippen molar-refractivity contribution in [3.05, 3.63) is 35.5 Å². The second-order valence-corrected chi connectivity index (χ2v) is 5.76. The van der Waals surface area contributed by atoms with Crippen molar-refractivity contribution in [3.8, 4) is 11.5 Å². The Kier molecular flexibility index (Phi) is 4.42. The Morgan fingerprint density at radius 1 is 1.00 bits per heavy atom. The predicted octanol–water partition coefficient (Wildman–Crippen LogP) is 4.09. The van der Waals surface area contributed by atoms with Crippen LogP contribution < -0.4 is 0 Å². The van der Waals surface area contributed by atoms with Crippen LogP contribution in [0.15, 0.2) is 22.7 Å². The zero-order valence-corrected chi connectivity index (χ0v) is 12.4. The number of nitrogens with zero attached hydrogens (tertiary/aromatic N) is 2. The first-order valence-electron chi connectivity index (χ1n) is 7.76. The summed E-state index contributed by atoms with van der Waals surface area (Å²) in [6.07, 6.45) is 10.8. The molecule has 1 aromatic heterocycles. The van der Waals surface area contributed by atoms with Crippen LogP contribution in [0.4, 0.5) is 0 Å². The lowest BCUT2D eigenvalue weighted by Crippen LogP contribution is -1.99. The van der Waals surface area contributed by atoms with Gasteiger partial charge in [0.05, 0.1) is 0 Å². The average molecular weight is 300 g/mol. The van der Waals surface area contributed by atoms with Crippen LogP contribution in [0.2, 0.25) is 0 Å². The van der Waals surface area contributed by atoms with Crippen molar-refractivity contribution in [1.29, 1.82) is 0 Å². The quantitative estimate of drug-likeness (QED) is 0.659. The molecule has 116 valence electrons. The molecule has 5 heteroatoms. The Balaban J connectivity index is 1.70. The fourth-order valence-corrected chi connectivity index (χ4v) is 2.83. The zero-order chi connectivity index (χ0) is 15.4. The largest absolute Gasteiger partial charge is 0.504 e. The Morgan fingerprint density at radius 3 is 2.50 bits per heavy atom. The molecular weight excluding hydrogens is 280 g/mol. The van der Waals surface area contributed by atoms with E-state index >= 15 is 0 Å². The summed E-state index contributed by atoms with van der Waals surface area (Å²) in [4.78, 5) is 4.45. The second kappa shape index (κ2) is 6.64. The molecule has 3 rings (SSSR count). The molecule has 0 aliphatic heterocycles. The van der Waals surface area contributed by atoms with Gasteiger partial charge < -0.3 is 14.7 Å². The van der Waals surface area contributed by atoms with Crippen LogP contribution in [0.5, 0.6) is 11.5 Å². The van der Waals surface area contributed by atoms with E-state index in [9.17, 15) is 10.2 Å². The number of phenols is 2. The van der Waals surface area contributed by atoms with Crippen molar-refractivity contribution in [2.24, 2.45) is 0 Å². The van der Waals surface area contributed by atoms with Crippen molar-refractivity contribution < 1.29 is 14.7 Å². The van der Waals surface area contributed by atoms with Gasteiger partial charge in [-0.05, 0) is 36.6 Å². The van der Waals surface area contributed by atoms with E-state index in [0.29, 0.717) is 11.8 Å². The average Bonchev–Trinajstić information content (AvgIpc) is 2.82. The molecule has 22 heavy (non-hydrogen) atoms. The third-order valence-electron chi connectivity index (χ3n) is 4.10. The number of phenolic OH excluding ortho intramolecular Hbond substituents is 2. The minimum atomic E-state index is -0.146. The second-order valence-electron chi connectivity index (χ2n) is 5.76. The molecule has 2 N–H and O–H groups in total. The maximum absolute atomic E-state index is 9.46. The molecule has 0 unspecified atom stereocenters. The molecule has 1 heterocycles. The van der Waals surface area contributed by atoms with Crippen molar-refractivity contribution >= 4 is 12.2 Å². The molecular formula is C17H20N2O3. The van der Waals surface area contributed by atoms with Gasteiger partial charge in [-0.3, -0.25) is 0 Å². The topological polar surface area (TPSA) is 79.4 Å². The van der Waals surface area contributed by atoms with Gasteiger partial charge in [-0.15, -0.1) is 0 Å². The molecule has 2 aromatic rings. The first-order chi connectivity index (χ1) is 10.7. The lowest BCUT2D eigenvalue weighted by Gasteiger charge is -2.07. The van der Waals surface area contributed by atoms with E-state index in [0.717, 1.165) is 24.2 Å². The van der Waals surface area contributed by atoms with E-state index in [1.807, 2.05) is 0 Å². The van der Waals surface area contributed by atoms with E-state index in [4.69, 9.17) is 4.52 Å². The summed E-state index contributed by atoms with van der Waals surface area (Å²) in [7, 11) is 0. The fraction of sp³-hybridized carbons (Fsp3) is 0.412. The van der Waals surface area contributed by atoms with Gasteiger partial charge in [0.1, 0.15) is 0 Å². The highest BCUT2D eigenvalue weighted by atomic mass is 16.5. The third kappa shape index (κ3) is 3.47. The van der Waals surface area contributed by atoms with Crippen molar-refractivity contribution in [2.45, 2.75) is 44.4 Å². The smallest absolute Gasteiger partial charge is 0.250 e. The number of hydrogen-bond acceptors (Lipinski definition) is 5. The van der Waals surface area contributed by atoms with E-state index < -0.39 is 0 Å². The van der Waals surface area contributed by atoms with Crippen LogP contribution in [0.25, 0.3) is 12.2 Å². The molecule has 1 aromatic carbocycles. The number of benzene rings is 1. The van der Waals surface area contributed by atoms with Crippen LogP contribution in [-0.4, -0.2) is 20.4 Å². The molecule has 1 saturated carbocycles. The zero-order valence-electron chi connectivity index (χ0n) is 12.4. The highest BCUT2D eigenvalue weighted by molar-refractivity contribution is 5.67. The van der Waals surface area contributed by atoms with Gasteiger partial charge in [-0.25, -0.2) is 0 Å². The lowest BCUT2D eigenvalue weighted by molar-refractivity contribution is 0.393. The van der Waals surface area contributed by atoms with Crippen molar-refractivity contribution in [1.82, 2.24) is 10.1 Å². The number of aromatic hydroxyl groups is 2. The summed E-state index contributed by atoms with van der Waals surface area (Å²) >= 11 is 0. The maximum atomic E-state index is 9.46. The minimum Gasteiger partial charge on any atom is -0.504 e. The number of aromatic nitrogens is 2. The van der Waals surface area contributed by atoms with Gasteiger partial charge in [-0.1, -0.05) is 36.9 Å². The number of rotatable bonds is 3. The predicted molar refractivity (Wildman–Crippen MR) is 83.4 cm³/mol. The Hall–Kier alpha value is -2.30. The van der Waals surface area contributed by atoms with Crippen LogP contribution >= 0.6 is 0 Å². The summed E-state index contributed by atoms with van der Waals surface area (Å²) in [5.41, 5.74) is 0.754. The van der Waals surface area contributed by atoms with Gasteiger partial charge in [0.15, 0.2) is 17.3 Å². The molecule has 0 atom stereocenters. The van der Waals surface area contributed by atoms with Crippen molar-refractivity contribution in [2.75, 3.05) is 0 Å². The molecule has 5 nitrogen and oxygen atoms in total. The molecule has 0 amide bonds. The van der Waals surface area contributed by atoms with Crippen LogP contribution in [-0.2, 0) is 0 Å². The van der Waals surface area contributed by atoms with Crippen molar-refractivity contribution in [3.63, 3.8) is 0 Å². The standard InChI is InChI=1S/C17H20N2O3/c20-14-9-7-12(11-15(14)21)8-10-16-18-17(19-22-16)13-5-3-1-2-4-6-13/h7-11,13,20-21H,1-6H2/b10-8+. The molecule has 1 aliphatic rings. The summed E-state index contributed by atoms with van der Waals surface area (Å²) in [6.45, 7) is 0. The molecule has 1 aliphatic carbocycles. The van der Waals surface area contributed by atoms with Crippen LogP contribution in [0.3, 0.4) is 0 Å². The van der Waals surface area contributed by atoms with E-state index in [1.165, 1.54) is 37.8 Å². The van der Waals surface area contributed by atoms with E-state index in [-0.39, 0.29) is 11.5 Å². The Bertz CT molecular complexity index is 656. The first-order valence-corrected chi connectivity index (χ1v) is 7.76. The molecule has 0 bridgehead atoms. The van der Waals surface area contributed by atoms with Crippen LogP contribution in [0.1, 0.15) is 61.7 Å². The number of hydrogen-bond donors (Lipinski definition) is 2. The maximum Gasteiger partial charge on any atom is 0.250 e. The van der Waals surface area contributed by atoms with E-state index in [2.05, 4.69) is 10.1 Å². The van der Waals surface area contributed by atoms with Gasteiger partial charge in [-0.2, -0.15) is 4.98 Å². The summed E-state index contributed by atoms with van der Waals surface area (Å²) < 4.78 is 5.27. The summed E-state index contributed by atoms with van der Waals surface area (Å²) in [5.74, 6) is 1.39. The highest BCUT2D eigenvalue weighted by Gasteiger charge is 2.19. The summed E-state index contributed by atoms with van der Waals surface area (Å²) in [5, 5.41) is 22.8. The first kappa shape index (κ1) is 14.6. The third-order valence-corrected chi connectivity index (χ3v) is 4.10. The highest BCUT2D eigenvalue weighted by Crippen LogP contribution is 2.30. The molecule has 0 radical (unpaired) electrons. The lowest BCUT2D eigenvalue weighted by atomic mass is 10.00. The minimum absolute atomic E-state index is 0.134.